The summed E-state index contributed by atoms with van der Waals surface area (Å²) in [4.78, 5) is 26.9. The van der Waals surface area contributed by atoms with Gasteiger partial charge in [-0.1, -0.05) is 6.92 Å². The van der Waals surface area contributed by atoms with Crippen LogP contribution in [-0.4, -0.2) is 75.1 Å². The molecule has 4 heterocycles. The molecule has 0 aliphatic carbocycles. The number of hydrogen-bond acceptors (Lipinski definition) is 7. The van der Waals surface area contributed by atoms with Gasteiger partial charge < -0.3 is 15.5 Å². The third-order valence-corrected chi connectivity index (χ3v) is 5.92. The van der Waals surface area contributed by atoms with Crippen LogP contribution in [0.5, 0.6) is 0 Å². The molecule has 0 saturated carbocycles. The zero-order valence-corrected chi connectivity index (χ0v) is 22.3. The van der Waals surface area contributed by atoms with Gasteiger partial charge in [-0.25, -0.2) is 8.91 Å². The Morgan fingerprint density at radius 3 is 2.51 bits per heavy atom. The first-order chi connectivity index (χ1) is 17.7. The Bertz CT molecular complexity index is 1250. The Balaban J connectivity index is 0.000000886. The molecule has 2 unspecified atom stereocenters. The molecule has 3 aromatic heterocycles. The van der Waals surface area contributed by atoms with Crippen LogP contribution < -0.4 is 10.6 Å². The Labute approximate surface area is 216 Å². The second kappa shape index (κ2) is 12.6. The fraction of sp³-hybridized carbons (Fsp3) is 0.500. The minimum Gasteiger partial charge on any atom is -0.371 e. The highest BCUT2D eigenvalue weighted by atomic mass is 19.1. The molecular formula is C26H36F2N8O. The van der Waals surface area contributed by atoms with E-state index in [1.807, 2.05) is 45.2 Å². The summed E-state index contributed by atoms with van der Waals surface area (Å²) in [5, 5.41) is 10.8. The molecule has 0 spiro atoms. The summed E-state index contributed by atoms with van der Waals surface area (Å²) in [6.07, 6.45) is 1.78. The minimum atomic E-state index is -1.19. The van der Waals surface area contributed by atoms with Gasteiger partial charge >= 0.3 is 0 Å². The van der Waals surface area contributed by atoms with E-state index in [4.69, 9.17) is 4.98 Å². The Morgan fingerprint density at radius 2 is 1.95 bits per heavy atom. The number of likely N-dealkylation sites (tertiary alicyclic amines) is 1. The van der Waals surface area contributed by atoms with Crippen LogP contribution in [0.4, 0.5) is 26.2 Å². The van der Waals surface area contributed by atoms with Crippen LogP contribution in [-0.2, 0) is 4.79 Å². The largest absolute Gasteiger partial charge is 0.371 e. The molecule has 1 fully saturated rings. The highest BCUT2D eigenvalue weighted by Gasteiger charge is 2.31. The summed E-state index contributed by atoms with van der Waals surface area (Å²) in [6.45, 7) is 9.51. The number of carbonyl (C=O) groups is 1. The molecule has 2 N–H and O–H groups in total. The number of carbonyl (C=O) groups excluding carboxylic acids is 1. The van der Waals surface area contributed by atoms with Crippen molar-refractivity contribution in [3.05, 3.63) is 30.1 Å². The number of aromatic nitrogens is 4. The lowest BCUT2D eigenvalue weighted by molar-refractivity contribution is -0.131. The number of amides is 1. The zero-order chi connectivity index (χ0) is 27.1. The number of nitrogens with one attached hydrogen (secondary N) is 2. The quantitative estimate of drug-likeness (QED) is 0.450. The fourth-order valence-corrected chi connectivity index (χ4v) is 4.05. The molecule has 3 aromatic rings. The Hall–Kier alpha value is -3.63. The summed E-state index contributed by atoms with van der Waals surface area (Å²) < 4.78 is 27.1. The van der Waals surface area contributed by atoms with E-state index in [1.165, 1.54) is 11.8 Å². The SMILES string of the molecule is CCCF.CNc1nc(NC2CCN(C(C)=O)CC2F)nn2ccc(-c3ccc(N=C(C)C)c(C)n3)c12. The second-order valence-electron chi connectivity index (χ2n) is 9.13. The van der Waals surface area contributed by atoms with Crippen molar-refractivity contribution < 1.29 is 13.6 Å². The van der Waals surface area contributed by atoms with E-state index in [9.17, 15) is 13.6 Å². The molecule has 1 saturated heterocycles. The lowest BCUT2D eigenvalue weighted by Crippen LogP contribution is -2.49. The van der Waals surface area contributed by atoms with Crippen molar-refractivity contribution in [2.45, 2.75) is 59.7 Å². The van der Waals surface area contributed by atoms with Crippen LogP contribution in [0.1, 0.15) is 46.2 Å². The van der Waals surface area contributed by atoms with Gasteiger partial charge in [0, 0.05) is 38.0 Å². The number of alkyl halides is 2. The van der Waals surface area contributed by atoms with Gasteiger partial charge in [0.05, 0.1) is 36.3 Å². The predicted octanol–water partition coefficient (Wildman–Crippen LogP) is 4.99. The van der Waals surface area contributed by atoms with Crippen LogP contribution in [0.3, 0.4) is 0 Å². The summed E-state index contributed by atoms with van der Waals surface area (Å²) >= 11 is 0. The Kier molecular flexibility index (Phi) is 9.48. The first-order valence-corrected chi connectivity index (χ1v) is 12.5. The third-order valence-electron chi connectivity index (χ3n) is 5.92. The molecule has 1 aliphatic rings. The van der Waals surface area contributed by atoms with Gasteiger partial charge in [0.2, 0.25) is 11.9 Å². The van der Waals surface area contributed by atoms with Crippen molar-refractivity contribution in [3.8, 4) is 11.3 Å². The molecule has 11 heteroatoms. The van der Waals surface area contributed by atoms with Crippen molar-refractivity contribution in [2.24, 2.45) is 4.99 Å². The van der Waals surface area contributed by atoms with E-state index < -0.39 is 12.2 Å². The lowest BCUT2D eigenvalue weighted by Gasteiger charge is -2.34. The van der Waals surface area contributed by atoms with E-state index in [-0.39, 0.29) is 19.1 Å². The van der Waals surface area contributed by atoms with Crippen molar-refractivity contribution in [1.29, 1.82) is 0 Å². The molecule has 1 aliphatic heterocycles. The average molecular weight is 515 g/mol. The summed E-state index contributed by atoms with van der Waals surface area (Å²) in [7, 11) is 1.78. The maximum atomic E-state index is 14.7. The number of aliphatic imine (C=N–C) groups is 1. The molecule has 2 atom stereocenters. The molecule has 1 amide bonds. The second-order valence-corrected chi connectivity index (χ2v) is 9.13. The van der Waals surface area contributed by atoms with Gasteiger partial charge in [-0.3, -0.25) is 19.2 Å². The van der Waals surface area contributed by atoms with Gasteiger partial charge in [0.15, 0.2) is 5.82 Å². The maximum Gasteiger partial charge on any atom is 0.243 e. The lowest BCUT2D eigenvalue weighted by atomic mass is 10.0. The molecule has 0 aromatic carbocycles. The van der Waals surface area contributed by atoms with E-state index in [1.54, 1.807) is 18.5 Å². The smallest absolute Gasteiger partial charge is 0.243 e. The summed E-state index contributed by atoms with van der Waals surface area (Å²) in [5.74, 6) is 0.819. The molecular weight excluding hydrogens is 478 g/mol. The van der Waals surface area contributed by atoms with Crippen molar-refractivity contribution >= 4 is 34.6 Å². The molecule has 200 valence electrons. The van der Waals surface area contributed by atoms with Gasteiger partial charge in [-0.2, -0.15) is 4.98 Å². The van der Waals surface area contributed by atoms with Crippen LogP contribution in [0, 0.1) is 6.92 Å². The van der Waals surface area contributed by atoms with Crippen LogP contribution >= 0.6 is 0 Å². The van der Waals surface area contributed by atoms with E-state index in [2.05, 4.69) is 25.7 Å². The van der Waals surface area contributed by atoms with Crippen LogP contribution in [0.25, 0.3) is 16.8 Å². The number of fused-ring (bicyclic) bond motifs is 1. The molecule has 4 rings (SSSR count). The number of nitrogens with zero attached hydrogens (tertiary/aromatic N) is 6. The first kappa shape index (κ1) is 27.9. The number of halogens is 2. The summed E-state index contributed by atoms with van der Waals surface area (Å²) in [6, 6.07) is 5.37. The van der Waals surface area contributed by atoms with Gasteiger partial charge in [-0.15, -0.1) is 5.10 Å². The predicted molar refractivity (Wildman–Crippen MR) is 144 cm³/mol. The molecule has 0 radical (unpaired) electrons. The molecule has 9 nitrogen and oxygen atoms in total. The number of rotatable bonds is 6. The van der Waals surface area contributed by atoms with E-state index in [0.717, 1.165) is 33.9 Å². The van der Waals surface area contributed by atoms with Crippen molar-refractivity contribution in [3.63, 3.8) is 0 Å². The standard InChI is InChI=1S/C23H29FN8O.C3H7F/c1-13(2)26-18-6-7-19(27-14(18)3)16-8-11-32-21(16)22(25-5)29-23(30-32)28-20-9-10-31(15(4)33)12-17(20)24;1-2-3-4/h6-8,11,17,20H,9-10,12H2,1-5H3,(H2,25,28,29,30);2-3H2,1H3. The summed E-state index contributed by atoms with van der Waals surface area (Å²) in [5.41, 5.74) is 5.11. The number of pyridine rings is 1. The highest BCUT2D eigenvalue weighted by Crippen LogP contribution is 2.31. The van der Waals surface area contributed by atoms with E-state index in [0.29, 0.717) is 31.2 Å². The number of aryl methyl sites for hydroxylation is 1. The monoisotopic (exact) mass is 514 g/mol. The number of anilines is 2. The van der Waals surface area contributed by atoms with Crippen molar-refractivity contribution in [1.82, 2.24) is 24.5 Å². The normalized spacial score (nSPS) is 17.1. The maximum absolute atomic E-state index is 14.7. The van der Waals surface area contributed by atoms with E-state index >= 15 is 0 Å². The van der Waals surface area contributed by atoms with Gasteiger partial charge in [-0.05, 0) is 51.8 Å². The number of hydrogen-bond donors (Lipinski definition) is 2. The molecule has 0 bridgehead atoms. The number of piperidine rings is 1. The first-order valence-electron chi connectivity index (χ1n) is 12.5. The minimum absolute atomic E-state index is 0.0738. The topological polar surface area (TPSA) is 99.8 Å². The third kappa shape index (κ3) is 6.78. The van der Waals surface area contributed by atoms with Crippen LogP contribution in [0.2, 0.25) is 0 Å². The molecule has 37 heavy (non-hydrogen) atoms. The van der Waals surface area contributed by atoms with Crippen LogP contribution in [0.15, 0.2) is 29.4 Å². The van der Waals surface area contributed by atoms with Gasteiger partial charge in [0.25, 0.3) is 0 Å². The van der Waals surface area contributed by atoms with Gasteiger partial charge in [0.1, 0.15) is 11.7 Å². The Morgan fingerprint density at radius 1 is 1.22 bits per heavy atom. The zero-order valence-electron chi connectivity index (χ0n) is 22.3. The fourth-order valence-electron chi connectivity index (χ4n) is 4.05. The average Bonchev–Trinajstić information content (AvgIpc) is 3.30. The van der Waals surface area contributed by atoms with Crippen molar-refractivity contribution in [2.75, 3.05) is 37.4 Å². The highest BCUT2D eigenvalue weighted by molar-refractivity contribution is 5.88.